The molecule has 0 saturated heterocycles. The van der Waals surface area contributed by atoms with Crippen LogP contribution in [-0.2, 0) is 17.9 Å². The zero-order valence-corrected chi connectivity index (χ0v) is 30.0. The minimum atomic E-state index is 0.0751. The van der Waals surface area contributed by atoms with Crippen LogP contribution in [0.5, 0.6) is 0 Å². The Morgan fingerprint density at radius 2 is 1.11 bits per heavy atom. The van der Waals surface area contributed by atoms with E-state index in [-0.39, 0.29) is 5.92 Å². The third kappa shape index (κ3) is 8.75. The summed E-state index contributed by atoms with van der Waals surface area (Å²) >= 11 is 9.12. The molecule has 0 heterocycles. The quantitative estimate of drug-likeness (QED) is 0.0627. The summed E-state index contributed by atoms with van der Waals surface area (Å²) in [5, 5.41) is 0. The molecule has 5 aromatic carbocycles. The van der Waals surface area contributed by atoms with Gasteiger partial charge in [0.05, 0.1) is 12.3 Å². The molecule has 0 aliphatic heterocycles. The van der Waals surface area contributed by atoms with Crippen LogP contribution in [0, 0.1) is 13.8 Å². The summed E-state index contributed by atoms with van der Waals surface area (Å²) in [6.07, 6.45) is 0. The highest BCUT2D eigenvalue weighted by atomic mass is 32.1. The fourth-order valence-corrected chi connectivity index (χ4v) is 6.81. The first kappa shape index (κ1) is 34.5. The van der Waals surface area contributed by atoms with E-state index >= 15 is 0 Å². The van der Waals surface area contributed by atoms with E-state index in [1.54, 1.807) is 0 Å². The number of rotatable bonds is 14. The van der Waals surface area contributed by atoms with Gasteiger partial charge >= 0.3 is 0 Å². The molecule has 5 aromatic rings. The number of hydrogen-bond donors (Lipinski definition) is 3. The molecule has 5 rings (SSSR count). The lowest BCUT2D eigenvalue weighted by atomic mass is 9.81. The van der Waals surface area contributed by atoms with Gasteiger partial charge in [0.15, 0.2) is 0 Å². The topological polar surface area (TPSA) is 27.7 Å². The van der Waals surface area contributed by atoms with Gasteiger partial charge in [0.1, 0.15) is 0 Å². The molecule has 1 N–H and O–H groups in total. The van der Waals surface area contributed by atoms with Crippen LogP contribution in [0.25, 0.3) is 0 Å². The molecular formula is C41H47N3OS2. The van der Waals surface area contributed by atoms with E-state index in [9.17, 15) is 0 Å². The summed E-state index contributed by atoms with van der Waals surface area (Å²) < 4.78 is 0. The van der Waals surface area contributed by atoms with Crippen molar-refractivity contribution in [1.82, 2.24) is 0 Å². The van der Waals surface area contributed by atoms with Gasteiger partial charge in [0, 0.05) is 53.3 Å². The highest BCUT2D eigenvalue weighted by molar-refractivity contribution is 7.80. The Hall–Kier alpha value is -3.84. The number of nitrogens with zero attached hydrogens (tertiary/aromatic N) is 2. The molecule has 47 heavy (non-hydrogen) atoms. The molecule has 0 fully saturated rings. The van der Waals surface area contributed by atoms with Gasteiger partial charge in [-0.3, -0.25) is 10.3 Å². The minimum Gasteiger partial charge on any atom is -0.367 e. The van der Waals surface area contributed by atoms with Gasteiger partial charge in [-0.1, -0.05) is 48.5 Å². The van der Waals surface area contributed by atoms with E-state index in [1.807, 2.05) is 19.1 Å². The third-order valence-corrected chi connectivity index (χ3v) is 9.33. The highest BCUT2D eigenvalue weighted by Crippen LogP contribution is 2.39. The fourth-order valence-electron chi connectivity index (χ4n) is 6.31. The Balaban J connectivity index is 1.51. The number of benzene rings is 5. The van der Waals surface area contributed by atoms with Crippen molar-refractivity contribution in [3.05, 3.63) is 148 Å². The van der Waals surface area contributed by atoms with Crippen molar-refractivity contribution in [3.63, 3.8) is 0 Å². The molecule has 244 valence electrons. The van der Waals surface area contributed by atoms with E-state index in [4.69, 9.17) is 4.84 Å². The first-order valence-electron chi connectivity index (χ1n) is 16.5. The van der Waals surface area contributed by atoms with Gasteiger partial charge in [-0.25, -0.2) is 0 Å². The second-order valence-corrected chi connectivity index (χ2v) is 13.1. The predicted molar refractivity (Wildman–Crippen MR) is 206 cm³/mol. The number of thiol groups is 2. The van der Waals surface area contributed by atoms with Crippen LogP contribution < -0.4 is 15.3 Å². The van der Waals surface area contributed by atoms with E-state index in [1.165, 1.54) is 50.3 Å². The summed E-state index contributed by atoms with van der Waals surface area (Å²) in [4.78, 5) is 12.3. The molecule has 0 amide bonds. The summed E-state index contributed by atoms with van der Waals surface area (Å²) in [5.41, 5.74) is 15.4. The maximum Gasteiger partial charge on any atom is 0.0717 e. The van der Waals surface area contributed by atoms with E-state index in [2.05, 4.69) is 165 Å². The normalized spacial score (nSPS) is 11.1. The van der Waals surface area contributed by atoms with Gasteiger partial charge in [-0.2, -0.15) is 0 Å². The van der Waals surface area contributed by atoms with Crippen molar-refractivity contribution in [1.29, 1.82) is 0 Å². The molecule has 0 bridgehead atoms. The van der Waals surface area contributed by atoms with Gasteiger partial charge < -0.3 is 9.80 Å². The Labute approximate surface area is 292 Å². The molecule has 6 heteroatoms. The average molecular weight is 662 g/mol. The first-order valence-corrected chi connectivity index (χ1v) is 17.4. The molecular weight excluding hydrogens is 615 g/mol. The van der Waals surface area contributed by atoms with Crippen LogP contribution in [0.1, 0.15) is 65.6 Å². The molecule has 0 saturated carbocycles. The van der Waals surface area contributed by atoms with Crippen LogP contribution in [0.2, 0.25) is 0 Å². The minimum absolute atomic E-state index is 0.0751. The van der Waals surface area contributed by atoms with Crippen molar-refractivity contribution in [2.24, 2.45) is 0 Å². The molecule has 0 aromatic heterocycles. The summed E-state index contributed by atoms with van der Waals surface area (Å²) in [6, 6.07) is 39.4. The lowest BCUT2D eigenvalue weighted by Gasteiger charge is -2.28. The van der Waals surface area contributed by atoms with Crippen LogP contribution in [0.15, 0.2) is 119 Å². The monoisotopic (exact) mass is 661 g/mol. The Kier molecular flexibility index (Phi) is 12.0. The standard InChI is InChI=1S/C41H47N3OS2/c1-6-43(27-31-11-9-13-37(46)25-31)35-19-21-39(29(4)23-35)41(33-15-17-34(18-16-33)42-45-8-3)40-22-20-36(24-30(40)5)44(7-2)28-32-12-10-14-38(47)26-32/h9-26,41-42,46-47H,6-8,27-28H2,1-5H3. The van der Waals surface area contributed by atoms with Gasteiger partial charge in [-0.05, 0) is 134 Å². The number of aryl methyl sites for hydroxylation is 2. The Morgan fingerprint density at radius 1 is 0.617 bits per heavy atom. The number of anilines is 3. The zero-order valence-electron chi connectivity index (χ0n) is 28.2. The van der Waals surface area contributed by atoms with E-state index in [0.29, 0.717) is 6.61 Å². The van der Waals surface area contributed by atoms with Crippen LogP contribution in [-0.4, -0.2) is 19.7 Å². The van der Waals surface area contributed by atoms with Gasteiger partial charge in [0.25, 0.3) is 0 Å². The fraction of sp³-hybridized carbons (Fsp3) is 0.268. The smallest absolute Gasteiger partial charge is 0.0717 e. The van der Waals surface area contributed by atoms with Crippen molar-refractivity contribution in [2.45, 2.75) is 63.4 Å². The van der Waals surface area contributed by atoms with Crippen LogP contribution >= 0.6 is 25.3 Å². The Morgan fingerprint density at radius 3 is 1.51 bits per heavy atom. The van der Waals surface area contributed by atoms with Crippen molar-refractivity contribution < 1.29 is 4.84 Å². The maximum atomic E-state index is 5.45. The van der Waals surface area contributed by atoms with Gasteiger partial charge in [-0.15, -0.1) is 25.3 Å². The molecule has 0 atom stereocenters. The largest absolute Gasteiger partial charge is 0.367 e. The SMILES string of the molecule is CCONc1ccc(C(c2ccc(N(CC)Cc3cccc(S)c3)cc2C)c2ccc(N(CC)Cc3cccc(S)c3)cc2C)cc1. The predicted octanol–water partition coefficient (Wildman–Crippen LogP) is 10.5. The van der Waals surface area contributed by atoms with Crippen LogP contribution in [0.4, 0.5) is 17.1 Å². The maximum absolute atomic E-state index is 5.45. The molecule has 0 aliphatic rings. The first-order chi connectivity index (χ1) is 22.8. The van der Waals surface area contributed by atoms with Crippen molar-refractivity contribution >= 4 is 42.3 Å². The second-order valence-electron chi connectivity index (χ2n) is 12.0. The second kappa shape index (κ2) is 16.3. The van der Waals surface area contributed by atoms with Crippen LogP contribution in [0.3, 0.4) is 0 Å². The highest BCUT2D eigenvalue weighted by Gasteiger charge is 2.22. The van der Waals surface area contributed by atoms with E-state index in [0.717, 1.165) is 41.7 Å². The Bertz CT molecular complexity index is 1670. The average Bonchev–Trinajstić information content (AvgIpc) is 3.07. The summed E-state index contributed by atoms with van der Waals surface area (Å²) in [6.45, 7) is 15.0. The lowest BCUT2D eigenvalue weighted by molar-refractivity contribution is 0.210. The van der Waals surface area contributed by atoms with Crippen molar-refractivity contribution in [3.8, 4) is 0 Å². The van der Waals surface area contributed by atoms with Gasteiger partial charge in [0.2, 0.25) is 0 Å². The van der Waals surface area contributed by atoms with E-state index < -0.39 is 0 Å². The zero-order chi connectivity index (χ0) is 33.3. The lowest BCUT2D eigenvalue weighted by Crippen LogP contribution is -2.22. The molecule has 0 aliphatic carbocycles. The molecule has 0 spiro atoms. The molecule has 0 unspecified atom stereocenters. The molecule has 4 nitrogen and oxygen atoms in total. The summed E-state index contributed by atoms with van der Waals surface area (Å²) in [7, 11) is 0. The number of hydrogen-bond acceptors (Lipinski definition) is 6. The third-order valence-electron chi connectivity index (χ3n) is 8.77. The molecule has 0 radical (unpaired) electrons. The number of nitrogens with one attached hydrogen (secondary N) is 1. The van der Waals surface area contributed by atoms with Crippen molar-refractivity contribution in [2.75, 3.05) is 35.0 Å². The summed E-state index contributed by atoms with van der Waals surface area (Å²) in [5.74, 6) is 0.0751.